The number of carbonyl (C=O) groups is 1. The van der Waals surface area contributed by atoms with Crippen molar-refractivity contribution in [1.29, 1.82) is 0 Å². The summed E-state index contributed by atoms with van der Waals surface area (Å²) < 4.78 is 5.72. The van der Waals surface area contributed by atoms with Crippen molar-refractivity contribution < 1.29 is 9.53 Å². The van der Waals surface area contributed by atoms with Gasteiger partial charge in [-0.15, -0.1) is 0 Å². The smallest absolute Gasteiger partial charge is 0.223 e. The topological polar surface area (TPSA) is 29.5 Å². The molecule has 2 heterocycles. The van der Waals surface area contributed by atoms with Crippen LogP contribution in [0.1, 0.15) is 45.1 Å². The van der Waals surface area contributed by atoms with Crippen LogP contribution in [0.3, 0.4) is 0 Å². The van der Waals surface area contributed by atoms with Crippen LogP contribution in [-0.4, -0.2) is 36.1 Å². The molecule has 2 fully saturated rings. The standard InChI is InChI=1S/C18H25NO2/c1-17(2,15-6-4-3-5-7-15)14-16(20)19-11-8-18(9-12-19)10-13-21-18/h3-7H,8-14H2,1-2H3. The molecular formula is C18H25NO2. The molecule has 0 aliphatic carbocycles. The molecule has 0 N–H and O–H groups in total. The molecule has 21 heavy (non-hydrogen) atoms. The predicted octanol–water partition coefficient (Wildman–Crippen LogP) is 3.14. The number of likely N-dealkylation sites (tertiary alicyclic amines) is 1. The summed E-state index contributed by atoms with van der Waals surface area (Å²) in [6.45, 7) is 6.91. The maximum atomic E-state index is 12.6. The van der Waals surface area contributed by atoms with Gasteiger partial charge in [0.25, 0.3) is 0 Å². The molecule has 0 bridgehead atoms. The number of hydrogen-bond acceptors (Lipinski definition) is 2. The molecule has 0 radical (unpaired) electrons. The van der Waals surface area contributed by atoms with Crippen molar-refractivity contribution in [2.45, 2.75) is 50.5 Å². The summed E-state index contributed by atoms with van der Waals surface area (Å²) >= 11 is 0. The fourth-order valence-corrected chi connectivity index (χ4v) is 3.43. The highest BCUT2D eigenvalue weighted by molar-refractivity contribution is 5.78. The highest BCUT2D eigenvalue weighted by Crippen LogP contribution is 2.37. The van der Waals surface area contributed by atoms with Crippen LogP contribution in [0, 0.1) is 0 Å². The molecule has 0 atom stereocenters. The molecule has 0 unspecified atom stereocenters. The molecule has 2 saturated heterocycles. The van der Waals surface area contributed by atoms with Gasteiger partial charge in [0, 0.05) is 19.5 Å². The van der Waals surface area contributed by atoms with Gasteiger partial charge in [0.1, 0.15) is 0 Å². The van der Waals surface area contributed by atoms with E-state index in [0.717, 1.165) is 32.5 Å². The van der Waals surface area contributed by atoms with Crippen LogP contribution in [0.15, 0.2) is 30.3 Å². The van der Waals surface area contributed by atoms with Crippen molar-refractivity contribution in [3.8, 4) is 0 Å². The van der Waals surface area contributed by atoms with Gasteiger partial charge < -0.3 is 9.64 Å². The Morgan fingerprint density at radius 3 is 2.33 bits per heavy atom. The molecule has 0 saturated carbocycles. The largest absolute Gasteiger partial charge is 0.375 e. The minimum absolute atomic E-state index is 0.111. The maximum Gasteiger partial charge on any atom is 0.223 e. The molecule has 3 heteroatoms. The lowest BCUT2D eigenvalue weighted by atomic mass is 9.80. The summed E-state index contributed by atoms with van der Waals surface area (Å²) in [5, 5.41) is 0. The molecule has 3 rings (SSSR count). The summed E-state index contributed by atoms with van der Waals surface area (Å²) in [5.74, 6) is 0.276. The molecule has 2 aliphatic rings. The third-order valence-corrected chi connectivity index (χ3v) is 5.14. The van der Waals surface area contributed by atoms with Gasteiger partial charge in [-0.1, -0.05) is 44.2 Å². The van der Waals surface area contributed by atoms with Gasteiger partial charge in [-0.3, -0.25) is 4.79 Å². The van der Waals surface area contributed by atoms with E-state index in [1.807, 2.05) is 23.1 Å². The van der Waals surface area contributed by atoms with Gasteiger partial charge in [0.05, 0.1) is 12.2 Å². The Morgan fingerprint density at radius 2 is 1.81 bits per heavy atom. The van der Waals surface area contributed by atoms with Crippen molar-refractivity contribution in [1.82, 2.24) is 4.90 Å². The van der Waals surface area contributed by atoms with E-state index in [1.54, 1.807) is 0 Å². The molecule has 0 aromatic heterocycles. The van der Waals surface area contributed by atoms with Crippen LogP contribution in [0.4, 0.5) is 0 Å². The number of amides is 1. The van der Waals surface area contributed by atoms with Gasteiger partial charge in [-0.05, 0) is 30.2 Å². The minimum atomic E-state index is -0.111. The average Bonchev–Trinajstić information content (AvgIpc) is 2.46. The summed E-state index contributed by atoms with van der Waals surface area (Å²) in [5.41, 5.74) is 1.24. The Labute approximate surface area is 127 Å². The predicted molar refractivity (Wildman–Crippen MR) is 83.2 cm³/mol. The Bertz CT molecular complexity index is 495. The van der Waals surface area contributed by atoms with E-state index in [4.69, 9.17) is 4.74 Å². The number of nitrogens with zero attached hydrogens (tertiary/aromatic N) is 1. The third kappa shape index (κ3) is 2.98. The van der Waals surface area contributed by atoms with Gasteiger partial charge in [-0.25, -0.2) is 0 Å². The van der Waals surface area contributed by atoms with Crippen molar-refractivity contribution in [3.63, 3.8) is 0 Å². The van der Waals surface area contributed by atoms with Crippen LogP contribution in [0.2, 0.25) is 0 Å². The number of carbonyl (C=O) groups excluding carboxylic acids is 1. The molecule has 3 nitrogen and oxygen atoms in total. The first-order chi connectivity index (χ1) is 10.0. The number of piperidine rings is 1. The lowest BCUT2D eigenvalue weighted by Crippen LogP contribution is -2.53. The second-order valence-corrected chi connectivity index (χ2v) is 7.09. The van der Waals surface area contributed by atoms with Gasteiger partial charge in [0.15, 0.2) is 0 Å². The number of rotatable bonds is 3. The van der Waals surface area contributed by atoms with Gasteiger partial charge in [-0.2, -0.15) is 0 Å². The summed E-state index contributed by atoms with van der Waals surface area (Å²) in [4.78, 5) is 14.6. The van der Waals surface area contributed by atoms with Crippen molar-refractivity contribution in [3.05, 3.63) is 35.9 Å². The summed E-state index contributed by atoms with van der Waals surface area (Å²) in [6, 6.07) is 10.3. The Hall–Kier alpha value is -1.35. The molecular weight excluding hydrogens is 262 g/mol. The van der Waals surface area contributed by atoms with E-state index in [9.17, 15) is 4.79 Å². The van der Waals surface area contributed by atoms with Gasteiger partial charge in [0.2, 0.25) is 5.91 Å². The monoisotopic (exact) mass is 287 g/mol. The van der Waals surface area contributed by atoms with Crippen LogP contribution in [0.25, 0.3) is 0 Å². The van der Waals surface area contributed by atoms with E-state index < -0.39 is 0 Å². The summed E-state index contributed by atoms with van der Waals surface area (Å²) in [6.07, 6.45) is 3.75. The van der Waals surface area contributed by atoms with E-state index in [1.165, 1.54) is 12.0 Å². The normalized spacial score (nSPS) is 21.1. The fraction of sp³-hybridized carbons (Fsp3) is 0.611. The minimum Gasteiger partial charge on any atom is -0.375 e. The van der Waals surface area contributed by atoms with Crippen LogP contribution < -0.4 is 0 Å². The van der Waals surface area contributed by atoms with Crippen LogP contribution in [-0.2, 0) is 14.9 Å². The zero-order valence-corrected chi connectivity index (χ0v) is 13.1. The molecule has 114 valence electrons. The first-order valence-corrected chi connectivity index (χ1v) is 7.98. The second-order valence-electron chi connectivity index (χ2n) is 7.09. The van der Waals surface area contributed by atoms with Crippen molar-refractivity contribution >= 4 is 5.91 Å². The van der Waals surface area contributed by atoms with Crippen LogP contribution >= 0.6 is 0 Å². The zero-order valence-electron chi connectivity index (χ0n) is 13.1. The fourth-order valence-electron chi connectivity index (χ4n) is 3.43. The lowest BCUT2D eigenvalue weighted by Gasteiger charge is -2.47. The quantitative estimate of drug-likeness (QED) is 0.855. The Morgan fingerprint density at radius 1 is 1.19 bits per heavy atom. The summed E-state index contributed by atoms with van der Waals surface area (Å²) in [7, 11) is 0. The molecule has 1 spiro atoms. The third-order valence-electron chi connectivity index (χ3n) is 5.14. The number of benzene rings is 1. The maximum absolute atomic E-state index is 12.6. The lowest BCUT2D eigenvalue weighted by molar-refractivity contribution is -0.176. The molecule has 2 aliphatic heterocycles. The highest BCUT2D eigenvalue weighted by Gasteiger charge is 2.42. The average molecular weight is 287 g/mol. The molecule has 1 aromatic carbocycles. The van der Waals surface area contributed by atoms with E-state index in [-0.39, 0.29) is 16.9 Å². The molecule has 1 amide bonds. The first kappa shape index (κ1) is 14.6. The SMILES string of the molecule is CC(C)(CC(=O)N1CCC2(CCO2)CC1)c1ccccc1. The first-order valence-electron chi connectivity index (χ1n) is 7.98. The number of ether oxygens (including phenoxy) is 1. The van der Waals surface area contributed by atoms with E-state index >= 15 is 0 Å². The van der Waals surface area contributed by atoms with Crippen LogP contribution in [0.5, 0.6) is 0 Å². The Balaban J connectivity index is 1.59. The van der Waals surface area contributed by atoms with Crippen molar-refractivity contribution in [2.75, 3.05) is 19.7 Å². The highest BCUT2D eigenvalue weighted by atomic mass is 16.5. The zero-order chi connectivity index (χ0) is 14.9. The number of hydrogen-bond donors (Lipinski definition) is 0. The molecule has 1 aromatic rings. The van der Waals surface area contributed by atoms with Crippen molar-refractivity contribution in [2.24, 2.45) is 0 Å². The Kier molecular flexibility index (Phi) is 3.78. The van der Waals surface area contributed by atoms with E-state index in [0.29, 0.717) is 6.42 Å². The van der Waals surface area contributed by atoms with E-state index in [2.05, 4.69) is 26.0 Å². The second kappa shape index (κ2) is 5.45. The van der Waals surface area contributed by atoms with Gasteiger partial charge >= 0.3 is 0 Å².